The predicted molar refractivity (Wildman–Crippen MR) is 82.6 cm³/mol. The Morgan fingerprint density at radius 3 is 2.45 bits per heavy atom. The summed E-state index contributed by atoms with van der Waals surface area (Å²) in [5, 5.41) is 3.36. The molecule has 0 aromatic heterocycles. The smallest absolute Gasteiger partial charge is 0.128 e. The van der Waals surface area contributed by atoms with Crippen molar-refractivity contribution in [3.8, 4) is 11.5 Å². The standard InChI is InChI=1S/C16H17BrFNO/c1-2-9-19-11-12-3-6-15(10-16(12)17)20-14-7-4-13(18)5-8-14/h3-8,10,19H,2,9,11H2,1H3. The first-order valence-corrected chi connectivity index (χ1v) is 7.41. The zero-order chi connectivity index (χ0) is 14.4. The highest BCUT2D eigenvalue weighted by molar-refractivity contribution is 9.10. The summed E-state index contributed by atoms with van der Waals surface area (Å²) in [5.41, 5.74) is 1.19. The molecule has 1 N–H and O–H groups in total. The SMILES string of the molecule is CCCNCc1ccc(Oc2ccc(F)cc2)cc1Br. The summed E-state index contributed by atoms with van der Waals surface area (Å²) in [4.78, 5) is 0. The van der Waals surface area contributed by atoms with Crippen molar-refractivity contribution in [2.45, 2.75) is 19.9 Å². The molecule has 20 heavy (non-hydrogen) atoms. The molecule has 0 aliphatic heterocycles. The first-order valence-electron chi connectivity index (χ1n) is 6.61. The molecule has 0 heterocycles. The molecule has 0 saturated heterocycles. The van der Waals surface area contributed by atoms with Crippen molar-refractivity contribution in [3.05, 3.63) is 58.3 Å². The largest absolute Gasteiger partial charge is 0.457 e. The minimum atomic E-state index is -0.268. The Balaban J connectivity index is 2.03. The van der Waals surface area contributed by atoms with E-state index in [4.69, 9.17) is 4.74 Å². The fraction of sp³-hybridized carbons (Fsp3) is 0.250. The van der Waals surface area contributed by atoms with Gasteiger partial charge in [0.2, 0.25) is 0 Å². The van der Waals surface area contributed by atoms with E-state index in [1.165, 1.54) is 17.7 Å². The second-order valence-corrected chi connectivity index (χ2v) is 5.34. The maximum absolute atomic E-state index is 12.8. The van der Waals surface area contributed by atoms with E-state index < -0.39 is 0 Å². The van der Waals surface area contributed by atoms with E-state index in [2.05, 4.69) is 28.2 Å². The van der Waals surface area contributed by atoms with Crippen LogP contribution in [-0.4, -0.2) is 6.54 Å². The minimum absolute atomic E-state index is 0.268. The van der Waals surface area contributed by atoms with Gasteiger partial charge in [0.1, 0.15) is 17.3 Å². The molecule has 0 aliphatic rings. The van der Waals surface area contributed by atoms with Crippen LogP contribution in [0.1, 0.15) is 18.9 Å². The lowest BCUT2D eigenvalue weighted by atomic mass is 10.2. The van der Waals surface area contributed by atoms with Crippen molar-refractivity contribution in [3.63, 3.8) is 0 Å². The van der Waals surface area contributed by atoms with Gasteiger partial charge in [-0.3, -0.25) is 0 Å². The van der Waals surface area contributed by atoms with Crippen molar-refractivity contribution in [1.29, 1.82) is 0 Å². The molecule has 0 aliphatic carbocycles. The maximum Gasteiger partial charge on any atom is 0.128 e. The Bertz CT molecular complexity index is 557. The lowest BCUT2D eigenvalue weighted by Gasteiger charge is -2.10. The highest BCUT2D eigenvalue weighted by atomic mass is 79.9. The molecular formula is C16H17BrFNO. The molecule has 4 heteroatoms. The normalized spacial score (nSPS) is 10.6. The zero-order valence-corrected chi connectivity index (χ0v) is 12.9. The summed E-state index contributed by atoms with van der Waals surface area (Å²) in [7, 11) is 0. The van der Waals surface area contributed by atoms with Crippen molar-refractivity contribution in [2.24, 2.45) is 0 Å². The Morgan fingerprint density at radius 2 is 1.80 bits per heavy atom. The Kier molecular flexibility index (Phi) is 5.56. The molecule has 2 rings (SSSR count). The summed E-state index contributed by atoms with van der Waals surface area (Å²) in [5.74, 6) is 1.08. The molecule has 0 bridgehead atoms. The highest BCUT2D eigenvalue weighted by Crippen LogP contribution is 2.27. The average molecular weight is 338 g/mol. The van der Waals surface area contributed by atoms with Crippen LogP contribution in [0.4, 0.5) is 4.39 Å². The third kappa shape index (κ3) is 4.32. The van der Waals surface area contributed by atoms with Gasteiger partial charge in [0, 0.05) is 11.0 Å². The topological polar surface area (TPSA) is 21.3 Å². The van der Waals surface area contributed by atoms with Gasteiger partial charge in [0.05, 0.1) is 0 Å². The van der Waals surface area contributed by atoms with Gasteiger partial charge in [-0.1, -0.05) is 28.9 Å². The lowest BCUT2D eigenvalue weighted by molar-refractivity contribution is 0.480. The number of hydrogen-bond donors (Lipinski definition) is 1. The molecule has 0 spiro atoms. The van der Waals surface area contributed by atoms with E-state index >= 15 is 0 Å². The molecule has 2 aromatic carbocycles. The van der Waals surface area contributed by atoms with Gasteiger partial charge in [-0.05, 0) is 54.9 Å². The fourth-order valence-corrected chi connectivity index (χ4v) is 2.27. The summed E-state index contributed by atoms with van der Waals surface area (Å²) in [6.45, 7) is 3.97. The van der Waals surface area contributed by atoms with E-state index in [0.717, 1.165) is 29.7 Å². The highest BCUT2D eigenvalue weighted by Gasteiger charge is 2.03. The van der Waals surface area contributed by atoms with Crippen LogP contribution in [0.3, 0.4) is 0 Å². The maximum atomic E-state index is 12.8. The van der Waals surface area contributed by atoms with Crippen LogP contribution in [-0.2, 0) is 6.54 Å². The quantitative estimate of drug-likeness (QED) is 0.758. The number of hydrogen-bond acceptors (Lipinski definition) is 2. The Morgan fingerprint density at radius 1 is 1.10 bits per heavy atom. The molecule has 0 amide bonds. The second-order valence-electron chi connectivity index (χ2n) is 4.49. The van der Waals surface area contributed by atoms with E-state index in [1.54, 1.807) is 12.1 Å². The van der Waals surface area contributed by atoms with Gasteiger partial charge < -0.3 is 10.1 Å². The minimum Gasteiger partial charge on any atom is -0.457 e. The number of halogens is 2. The third-order valence-corrected chi connectivity index (χ3v) is 3.55. The van der Waals surface area contributed by atoms with E-state index in [1.807, 2.05) is 18.2 Å². The molecule has 2 aromatic rings. The van der Waals surface area contributed by atoms with Crippen LogP contribution in [0.2, 0.25) is 0 Å². The van der Waals surface area contributed by atoms with Crippen molar-refractivity contribution in [1.82, 2.24) is 5.32 Å². The molecular weight excluding hydrogens is 321 g/mol. The third-order valence-electron chi connectivity index (χ3n) is 2.82. The van der Waals surface area contributed by atoms with Crippen LogP contribution in [0.15, 0.2) is 46.9 Å². The second kappa shape index (κ2) is 7.41. The molecule has 0 radical (unpaired) electrons. The molecule has 0 fully saturated rings. The molecule has 0 atom stereocenters. The van der Waals surface area contributed by atoms with Crippen molar-refractivity contribution < 1.29 is 9.13 Å². The molecule has 0 unspecified atom stereocenters. The number of benzene rings is 2. The van der Waals surface area contributed by atoms with Gasteiger partial charge in [0.25, 0.3) is 0 Å². The number of nitrogens with one attached hydrogen (secondary N) is 1. The van der Waals surface area contributed by atoms with Crippen LogP contribution in [0.25, 0.3) is 0 Å². The van der Waals surface area contributed by atoms with Gasteiger partial charge >= 0.3 is 0 Å². The number of rotatable bonds is 6. The van der Waals surface area contributed by atoms with E-state index in [-0.39, 0.29) is 5.82 Å². The van der Waals surface area contributed by atoms with Gasteiger partial charge in [-0.25, -0.2) is 4.39 Å². The van der Waals surface area contributed by atoms with Crippen molar-refractivity contribution in [2.75, 3.05) is 6.54 Å². The van der Waals surface area contributed by atoms with Gasteiger partial charge in [0.15, 0.2) is 0 Å². The number of ether oxygens (including phenoxy) is 1. The first kappa shape index (κ1) is 15.0. The van der Waals surface area contributed by atoms with Crippen LogP contribution in [0.5, 0.6) is 11.5 Å². The molecule has 0 saturated carbocycles. The van der Waals surface area contributed by atoms with Crippen LogP contribution in [0, 0.1) is 5.82 Å². The van der Waals surface area contributed by atoms with E-state index in [0.29, 0.717) is 5.75 Å². The summed E-state index contributed by atoms with van der Waals surface area (Å²) in [6.07, 6.45) is 1.11. The monoisotopic (exact) mass is 337 g/mol. The summed E-state index contributed by atoms with van der Waals surface area (Å²) < 4.78 is 19.5. The van der Waals surface area contributed by atoms with Crippen molar-refractivity contribution >= 4 is 15.9 Å². The predicted octanol–water partition coefficient (Wildman–Crippen LogP) is 4.88. The average Bonchev–Trinajstić information content (AvgIpc) is 2.44. The Labute approximate surface area is 127 Å². The first-order chi connectivity index (χ1) is 9.69. The zero-order valence-electron chi connectivity index (χ0n) is 11.3. The van der Waals surface area contributed by atoms with Gasteiger partial charge in [-0.2, -0.15) is 0 Å². The van der Waals surface area contributed by atoms with Gasteiger partial charge in [-0.15, -0.1) is 0 Å². The molecule has 2 nitrogen and oxygen atoms in total. The summed E-state index contributed by atoms with van der Waals surface area (Å²) >= 11 is 3.54. The van der Waals surface area contributed by atoms with E-state index in [9.17, 15) is 4.39 Å². The lowest BCUT2D eigenvalue weighted by Crippen LogP contribution is -2.14. The van der Waals surface area contributed by atoms with Crippen LogP contribution < -0.4 is 10.1 Å². The fourth-order valence-electron chi connectivity index (χ4n) is 1.77. The molecule has 106 valence electrons. The Hall–Kier alpha value is -1.39. The summed E-state index contributed by atoms with van der Waals surface area (Å²) in [6, 6.07) is 11.8. The van der Waals surface area contributed by atoms with Crippen LogP contribution >= 0.6 is 15.9 Å².